The topological polar surface area (TPSA) is 41.1 Å². The van der Waals surface area contributed by atoms with Crippen molar-refractivity contribution < 1.29 is 4.79 Å². The number of carbonyl (C=O) groups excluding carboxylic acids is 1. The Bertz CT molecular complexity index is 428. The zero-order chi connectivity index (χ0) is 13.0. The highest BCUT2D eigenvalue weighted by Gasteiger charge is 2.37. The van der Waals surface area contributed by atoms with Crippen molar-refractivity contribution in [2.45, 2.75) is 26.2 Å². The molecule has 1 unspecified atom stereocenters. The van der Waals surface area contributed by atoms with Crippen molar-refractivity contribution in [3.63, 3.8) is 0 Å². The Morgan fingerprint density at radius 1 is 1.50 bits per heavy atom. The van der Waals surface area contributed by atoms with Crippen LogP contribution in [-0.4, -0.2) is 19.0 Å². The lowest BCUT2D eigenvalue weighted by Gasteiger charge is -2.35. The highest BCUT2D eigenvalue weighted by molar-refractivity contribution is 14.1. The van der Waals surface area contributed by atoms with Crippen LogP contribution in [0.5, 0.6) is 0 Å². The summed E-state index contributed by atoms with van der Waals surface area (Å²) in [5.74, 6) is 0.154. The van der Waals surface area contributed by atoms with Crippen LogP contribution in [0.25, 0.3) is 0 Å². The molecule has 0 bridgehead atoms. The SMILES string of the molecule is CCC1(C(=O)Nc2ccccc2I)CCCNC1. The van der Waals surface area contributed by atoms with Crippen molar-refractivity contribution >= 4 is 34.2 Å². The molecule has 2 rings (SSSR count). The maximum absolute atomic E-state index is 12.5. The number of anilines is 1. The summed E-state index contributed by atoms with van der Waals surface area (Å²) in [5.41, 5.74) is 0.679. The van der Waals surface area contributed by atoms with Gasteiger partial charge >= 0.3 is 0 Å². The Balaban J connectivity index is 2.13. The van der Waals surface area contributed by atoms with E-state index in [0.717, 1.165) is 41.6 Å². The summed E-state index contributed by atoms with van der Waals surface area (Å²) in [6, 6.07) is 7.90. The summed E-state index contributed by atoms with van der Waals surface area (Å²) >= 11 is 2.25. The number of rotatable bonds is 3. The van der Waals surface area contributed by atoms with Gasteiger partial charge in [0.2, 0.25) is 5.91 Å². The van der Waals surface area contributed by atoms with E-state index in [-0.39, 0.29) is 11.3 Å². The summed E-state index contributed by atoms with van der Waals surface area (Å²) in [5, 5.41) is 6.43. The molecule has 1 aliphatic heterocycles. The lowest BCUT2D eigenvalue weighted by Crippen LogP contribution is -2.47. The summed E-state index contributed by atoms with van der Waals surface area (Å²) in [6.07, 6.45) is 2.94. The molecule has 0 radical (unpaired) electrons. The molecular weight excluding hydrogens is 339 g/mol. The molecule has 0 spiro atoms. The van der Waals surface area contributed by atoms with Crippen LogP contribution in [0.3, 0.4) is 0 Å². The minimum absolute atomic E-state index is 0.154. The van der Waals surface area contributed by atoms with Crippen LogP contribution in [-0.2, 0) is 4.79 Å². The van der Waals surface area contributed by atoms with Crippen LogP contribution in [0.2, 0.25) is 0 Å². The first-order valence-electron chi connectivity index (χ1n) is 6.45. The molecule has 1 aliphatic rings. The number of piperidine rings is 1. The molecule has 1 aromatic rings. The molecule has 3 nitrogen and oxygen atoms in total. The number of benzene rings is 1. The number of halogens is 1. The first-order chi connectivity index (χ1) is 8.68. The standard InChI is InChI=1S/C14H19IN2O/c1-2-14(8-5-9-16-10-14)13(18)17-12-7-4-3-6-11(12)15/h3-4,6-7,16H,2,5,8-10H2,1H3,(H,17,18). The summed E-state index contributed by atoms with van der Waals surface area (Å²) in [4.78, 5) is 12.5. The minimum atomic E-state index is -0.239. The number of hydrogen-bond acceptors (Lipinski definition) is 2. The second-order valence-electron chi connectivity index (χ2n) is 4.85. The van der Waals surface area contributed by atoms with Crippen molar-refractivity contribution in [3.8, 4) is 0 Å². The molecule has 0 aliphatic carbocycles. The van der Waals surface area contributed by atoms with E-state index in [9.17, 15) is 4.79 Å². The fraction of sp³-hybridized carbons (Fsp3) is 0.500. The van der Waals surface area contributed by atoms with E-state index in [1.807, 2.05) is 24.3 Å². The highest BCUT2D eigenvalue weighted by atomic mass is 127. The molecule has 0 saturated carbocycles. The van der Waals surface area contributed by atoms with Gasteiger partial charge in [0.25, 0.3) is 0 Å². The molecule has 1 saturated heterocycles. The highest BCUT2D eigenvalue weighted by Crippen LogP contribution is 2.32. The van der Waals surface area contributed by atoms with Gasteiger partial charge in [0, 0.05) is 10.1 Å². The van der Waals surface area contributed by atoms with Crippen molar-refractivity contribution in [3.05, 3.63) is 27.8 Å². The molecule has 1 fully saturated rings. The first kappa shape index (κ1) is 13.8. The van der Waals surface area contributed by atoms with Crippen LogP contribution in [0.1, 0.15) is 26.2 Å². The lowest BCUT2D eigenvalue weighted by atomic mass is 9.77. The van der Waals surface area contributed by atoms with Crippen molar-refractivity contribution in [1.29, 1.82) is 0 Å². The van der Waals surface area contributed by atoms with E-state index in [0.29, 0.717) is 0 Å². The van der Waals surface area contributed by atoms with Gasteiger partial charge in [-0.3, -0.25) is 4.79 Å². The fourth-order valence-electron chi connectivity index (χ4n) is 2.44. The number of para-hydroxylation sites is 1. The van der Waals surface area contributed by atoms with E-state index < -0.39 is 0 Å². The van der Waals surface area contributed by atoms with Crippen molar-refractivity contribution in [2.24, 2.45) is 5.41 Å². The van der Waals surface area contributed by atoms with Gasteiger partial charge < -0.3 is 10.6 Å². The number of nitrogens with one attached hydrogen (secondary N) is 2. The zero-order valence-corrected chi connectivity index (χ0v) is 12.8. The Hall–Kier alpha value is -0.620. The maximum Gasteiger partial charge on any atom is 0.231 e. The van der Waals surface area contributed by atoms with E-state index in [4.69, 9.17) is 0 Å². The molecule has 18 heavy (non-hydrogen) atoms. The van der Waals surface area contributed by atoms with Crippen LogP contribution < -0.4 is 10.6 Å². The summed E-state index contributed by atoms with van der Waals surface area (Å²) in [6.45, 7) is 3.92. The van der Waals surface area contributed by atoms with Crippen LogP contribution in [0.4, 0.5) is 5.69 Å². The minimum Gasteiger partial charge on any atom is -0.325 e. The van der Waals surface area contributed by atoms with Gasteiger partial charge in [-0.1, -0.05) is 19.1 Å². The van der Waals surface area contributed by atoms with Crippen molar-refractivity contribution in [1.82, 2.24) is 5.32 Å². The quantitative estimate of drug-likeness (QED) is 0.816. The summed E-state index contributed by atoms with van der Waals surface area (Å²) in [7, 11) is 0. The second-order valence-corrected chi connectivity index (χ2v) is 6.01. The van der Waals surface area contributed by atoms with Crippen LogP contribution >= 0.6 is 22.6 Å². The predicted molar refractivity (Wildman–Crippen MR) is 82.6 cm³/mol. The smallest absolute Gasteiger partial charge is 0.231 e. The number of amides is 1. The Kier molecular flexibility index (Phi) is 4.61. The van der Waals surface area contributed by atoms with Gasteiger partial charge in [-0.2, -0.15) is 0 Å². The third-order valence-electron chi connectivity index (χ3n) is 3.75. The Morgan fingerprint density at radius 3 is 2.89 bits per heavy atom. The average molecular weight is 358 g/mol. The zero-order valence-electron chi connectivity index (χ0n) is 10.6. The van der Waals surface area contributed by atoms with Crippen molar-refractivity contribution in [2.75, 3.05) is 18.4 Å². The number of carbonyl (C=O) groups is 1. The molecular formula is C14H19IN2O. The van der Waals surface area contributed by atoms with Gasteiger partial charge in [0.15, 0.2) is 0 Å². The molecule has 4 heteroatoms. The Morgan fingerprint density at radius 2 is 2.28 bits per heavy atom. The third-order valence-corrected chi connectivity index (χ3v) is 4.69. The van der Waals surface area contributed by atoms with E-state index in [2.05, 4.69) is 40.1 Å². The predicted octanol–water partition coefficient (Wildman–Crippen LogP) is 3.01. The fourth-order valence-corrected chi connectivity index (χ4v) is 2.96. The second kappa shape index (κ2) is 6.02. The van der Waals surface area contributed by atoms with Gasteiger partial charge in [-0.25, -0.2) is 0 Å². The monoisotopic (exact) mass is 358 g/mol. The van der Waals surface area contributed by atoms with Gasteiger partial charge in [0.05, 0.1) is 11.1 Å². The molecule has 0 aromatic heterocycles. The molecule has 98 valence electrons. The van der Waals surface area contributed by atoms with E-state index >= 15 is 0 Å². The van der Waals surface area contributed by atoms with E-state index in [1.165, 1.54) is 0 Å². The molecule has 1 atom stereocenters. The lowest BCUT2D eigenvalue weighted by molar-refractivity contribution is -0.126. The molecule has 1 amide bonds. The Labute approximate surface area is 122 Å². The third kappa shape index (κ3) is 2.85. The average Bonchev–Trinajstić information content (AvgIpc) is 2.42. The van der Waals surface area contributed by atoms with Gasteiger partial charge in [0.1, 0.15) is 0 Å². The summed E-state index contributed by atoms with van der Waals surface area (Å²) < 4.78 is 1.08. The normalized spacial score (nSPS) is 23.7. The van der Waals surface area contributed by atoms with Gasteiger partial charge in [-0.05, 0) is 60.5 Å². The number of hydrogen-bond donors (Lipinski definition) is 2. The van der Waals surface area contributed by atoms with Crippen LogP contribution in [0, 0.1) is 8.99 Å². The molecule has 1 aromatic carbocycles. The van der Waals surface area contributed by atoms with Crippen LogP contribution in [0.15, 0.2) is 24.3 Å². The largest absolute Gasteiger partial charge is 0.325 e. The first-order valence-corrected chi connectivity index (χ1v) is 7.52. The molecule has 2 N–H and O–H groups in total. The van der Waals surface area contributed by atoms with E-state index in [1.54, 1.807) is 0 Å². The van der Waals surface area contributed by atoms with Gasteiger partial charge in [-0.15, -0.1) is 0 Å². The maximum atomic E-state index is 12.5. The molecule has 1 heterocycles.